The highest BCUT2D eigenvalue weighted by Gasteiger charge is 2.41. The van der Waals surface area contributed by atoms with Crippen molar-refractivity contribution in [1.82, 2.24) is 79.4 Å². The van der Waals surface area contributed by atoms with Crippen LogP contribution in [0.25, 0.3) is 10.9 Å². The first-order valence-electron chi connectivity index (χ1n) is 39.7. The van der Waals surface area contributed by atoms with Crippen LogP contribution in [0.3, 0.4) is 0 Å². The number of carboxylic acids is 4. The number of halogens is 1. The third-order valence-electron chi connectivity index (χ3n) is 19.4. The summed E-state index contributed by atoms with van der Waals surface area (Å²) in [6, 6.07) is -7.12. The van der Waals surface area contributed by atoms with Gasteiger partial charge in [0.25, 0.3) is 5.91 Å². The maximum absolute atomic E-state index is 15.0. The van der Waals surface area contributed by atoms with E-state index in [1.54, 1.807) is 30.5 Å². The highest BCUT2D eigenvalue weighted by atomic mass is 35.5. The van der Waals surface area contributed by atoms with Crippen molar-refractivity contribution in [3.63, 3.8) is 0 Å². The number of rotatable bonds is 37. The van der Waals surface area contributed by atoms with Gasteiger partial charge < -0.3 is 127 Å². The third kappa shape index (κ3) is 33.8. The molecule has 45 nitrogen and oxygen atoms in total. The number of nitrogen functional groups attached to an aromatic ring is 2. The van der Waals surface area contributed by atoms with Gasteiger partial charge in [-0.05, 0) is 74.9 Å². The molecule has 15 amide bonds. The van der Waals surface area contributed by atoms with E-state index in [9.17, 15) is 126 Å². The van der Waals surface area contributed by atoms with Crippen molar-refractivity contribution in [3.05, 3.63) is 94.6 Å². The van der Waals surface area contributed by atoms with Crippen molar-refractivity contribution < 1.29 is 131 Å². The van der Waals surface area contributed by atoms with Gasteiger partial charge in [0.05, 0.1) is 68.1 Å². The van der Waals surface area contributed by atoms with Gasteiger partial charge in [0.2, 0.25) is 82.7 Å². The van der Waals surface area contributed by atoms with Crippen molar-refractivity contribution in [2.24, 2.45) is 11.7 Å². The van der Waals surface area contributed by atoms with Crippen LogP contribution < -0.4 is 91.6 Å². The second-order valence-corrected chi connectivity index (χ2v) is 29.8. The normalized spacial score (nSPS) is 20.4. The van der Waals surface area contributed by atoms with E-state index in [1.807, 2.05) is 16.0 Å². The summed E-state index contributed by atoms with van der Waals surface area (Å²) in [6.07, 6.45) is -3.09. The number of hydrogen-bond acceptors (Lipinski definition) is 25. The zero-order valence-corrected chi connectivity index (χ0v) is 69.4. The molecule has 13 atom stereocenters. The topological polar surface area (TPSA) is 731 Å². The minimum absolute atomic E-state index is 0.00509. The molecule has 26 N–H and O–H groups in total. The molecule has 0 spiro atoms. The van der Waals surface area contributed by atoms with Gasteiger partial charge in [0.1, 0.15) is 72.6 Å². The average molecular weight is 1770 g/mol. The third-order valence-corrected chi connectivity index (χ3v) is 19.7. The molecule has 1 aliphatic heterocycles. The van der Waals surface area contributed by atoms with E-state index >= 15 is 0 Å². The van der Waals surface area contributed by atoms with E-state index in [-0.39, 0.29) is 53.3 Å². The van der Waals surface area contributed by atoms with Crippen molar-refractivity contribution in [2.45, 2.75) is 209 Å². The number of aliphatic carboxylic acids is 4. The molecule has 0 aliphatic carbocycles. The van der Waals surface area contributed by atoms with Gasteiger partial charge in [0.15, 0.2) is 5.78 Å². The van der Waals surface area contributed by atoms with E-state index in [0.29, 0.717) is 29.3 Å². The number of H-pyrrole nitrogens is 1. The predicted molar refractivity (Wildman–Crippen MR) is 439 cm³/mol. The van der Waals surface area contributed by atoms with Crippen LogP contribution in [0.5, 0.6) is 0 Å². The van der Waals surface area contributed by atoms with E-state index in [0.717, 1.165) is 52.9 Å². The van der Waals surface area contributed by atoms with Gasteiger partial charge in [-0.15, -0.1) is 0 Å². The van der Waals surface area contributed by atoms with Crippen LogP contribution in [0, 0.1) is 5.92 Å². The molecule has 2 heterocycles. The van der Waals surface area contributed by atoms with E-state index in [4.69, 9.17) is 33.5 Å². The largest absolute Gasteiger partial charge is 0.481 e. The zero-order valence-electron chi connectivity index (χ0n) is 68.6. The van der Waals surface area contributed by atoms with Crippen molar-refractivity contribution in [1.29, 1.82) is 0 Å². The molecule has 1 aromatic heterocycles. The van der Waals surface area contributed by atoms with Crippen molar-refractivity contribution in [2.75, 3.05) is 37.7 Å². The quantitative estimate of drug-likeness (QED) is 0.00888. The number of benzene rings is 3. The number of primary amides is 1. The number of aromatic amines is 1. The summed E-state index contributed by atoms with van der Waals surface area (Å²) in [5.41, 5.74) is 18.1. The monoisotopic (exact) mass is 1770 g/mol. The van der Waals surface area contributed by atoms with Gasteiger partial charge in [-0.2, -0.15) is 0 Å². The number of ketones is 1. The van der Waals surface area contributed by atoms with Crippen molar-refractivity contribution in [3.8, 4) is 0 Å². The molecule has 1 saturated heterocycles. The van der Waals surface area contributed by atoms with Crippen molar-refractivity contribution >= 4 is 158 Å². The lowest BCUT2D eigenvalue weighted by atomic mass is 9.96. The minimum atomic E-state index is -2.51. The first-order chi connectivity index (χ1) is 59.1. The highest BCUT2D eigenvalue weighted by Crippen LogP contribution is 2.24. The molecule has 0 saturated carbocycles. The number of nitrogens with one attached hydrogen (secondary N) is 15. The lowest BCUT2D eigenvalue weighted by molar-refractivity contribution is -0.156. The fraction of sp³-hybridized carbons (Fsp3) is 0.481. The summed E-state index contributed by atoms with van der Waals surface area (Å²) in [7, 11) is 0. The SMILES string of the molecule is CCCCCCCCCC(=O)NC(Cc1c[nH]c2ccccc12)C(=O)NC(CC(N)=O)C(=O)NC(CC(=O)O)C(=O)NC1C(=O)NCC(=O)NC(CCCNC(=O)c2cccc(Cl)c2N)C(=O)NC(CC(=O)O)C(=O)NC(C)C(=O)NC(CC(=O)O)C(=O)NCC(=O)NC(CO)C(=O)NC(C(C)CC(=O)O)C(=O)NC(CC(=O)c2ccccc2N)C(=O)OC1C. The number of nitrogens with two attached hydrogens (primary N) is 3. The van der Waals surface area contributed by atoms with Gasteiger partial charge in [-0.1, -0.05) is 100 Å². The summed E-state index contributed by atoms with van der Waals surface area (Å²) in [5.74, 6) is -31.2. The number of fused-ring (bicyclic) bond motifs is 1. The molecule has 1 fully saturated rings. The lowest BCUT2D eigenvalue weighted by Crippen LogP contribution is -2.62. The van der Waals surface area contributed by atoms with Gasteiger partial charge in [-0.25, -0.2) is 4.79 Å². The number of para-hydroxylation sites is 3. The summed E-state index contributed by atoms with van der Waals surface area (Å²) in [6.45, 7) is 0.752. The Labute approximate surface area is 718 Å². The molecule has 1 aliphatic rings. The lowest BCUT2D eigenvalue weighted by Gasteiger charge is -2.30. The number of aliphatic hydroxyl groups is 1. The number of unbranched alkanes of at least 4 members (excludes halogenated alkanes) is 6. The van der Waals surface area contributed by atoms with Crippen LogP contribution in [0.15, 0.2) is 72.9 Å². The number of anilines is 2. The average Bonchev–Trinajstić information content (AvgIpc) is 1.45. The second kappa shape index (κ2) is 50.5. The van der Waals surface area contributed by atoms with E-state index in [2.05, 4.69) is 70.4 Å². The number of ether oxygens (including phenoxy) is 1. The molecule has 0 bridgehead atoms. The van der Waals surface area contributed by atoms with Gasteiger partial charge >= 0.3 is 29.8 Å². The standard InChI is InChI=1S/C79H105ClN18O27/c1-5-6-7-8-9-10-11-25-58(102)90-49(28-41-34-85-47-23-15-13-18-42(41)47)73(118)93-50(30-57(82)101)74(119)95-53(33-64(111)112)75(120)98-67-40(4)125-79(124)54(29-56(100)43-19-12-14-22-46(43)81)96-78(123)66(38(2)27-61(105)106)97-76(121)55(37-99)91-60(104)35-86-70(115)51(31-62(107)108)92-68(113)39(3)88-72(117)52(32-63(109)110)94-71(116)48(89-59(103)36-87-77(67)122)24-17-26-84-69(114)44-20-16-21-45(80)65(44)83/h12-16,18-23,34,38-40,48-55,66-67,85,99H,5-11,17,24-33,35-37,81,83H2,1-4H3,(H2,82,101)(H,84,114)(H,86,115)(H,87,122)(H,88,117)(H,89,103)(H,90,102)(H,91,104)(H,92,113)(H,93,118)(H,94,116)(H,95,119)(H,96,123)(H,97,121)(H,98,120)(H,105,106)(H,107,108)(H,109,110)(H,111,112). The number of esters is 1. The predicted octanol–water partition coefficient (Wildman–Crippen LogP) is -3.91. The fourth-order valence-corrected chi connectivity index (χ4v) is 12.9. The molecule has 3 aromatic carbocycles. The Morgan fingerprint density at radius 2 is 1.10 bits per heavy atom. The first-order valence-corrected chi connectivity index (χ1v) is 40.1. The van der Waals surface area contributed by atoms with Crippen LogP contribution in [-0.4, -0.2) is 254 Å². The molecule has 5 rings (SSSR count). The summed E-state index contributed by atoms with van der Waals surface area (Å²) >= 11 is 6.12. The molecule has 0 radical (unpaired) electrons. The summed E-state index contributed by atoms with van der Waals surface area (Å²) in [5, 5.41) is 81.6. The molecule has 13 unspecified atom stereocenters. The smallest absolute Gasteiger partial charge is 0.329 e. The Bertz CT molecular complexity index is 4640. The molecule has 4 aromatic rings. The molecule has 46 heteroatoms. The second-order valence-electron chi connectivity index (χ2n) is 29.4. The Hall–Kier alpha value is -13.9. The van der Waals surface area contributed by atoms with Gasteiger partial charge in [0, 0.05) is 54.2 Å². The van der Waals surface area contributed by atoms with Crippen LogP contribution >= 0.6 is 11.6 Å². The minimum Gasteiger partial charge on any atom is -0.481 e. The van der Waals surface area contributed by atoms with E-state index in [1.165, 1.54) is 42.5 Å². The molecular weight excluding hydrogens is 1670 g/mol. The number of carbonyl (C=O) groups is 21. The number of carboxylic acid groups (broad SMARTS) is 4. The molecule has 125 heavy (non-hydrogen) atoms. The summed E-state index contributed by atoms with van der Waals surface area (Å²) < 4.78 is 5.72. The zero-order chi connectivity index (χ0) is 92.9. The number of hydrogen-bond donors (Lipinski definition) is 23. The Kier molecular flexibility index (Phi) is 41.1. The van der Waals surface area contributed by atoms with Crippen LogP contribution in [0.2, 0.25) is 5.02 Å². The number of cyclic esters (lactones) is 1. The number of carbonyl (C=O) groups excluding carboxylic acids is 17. The summed E-state index contributed by atoms with van der Waals surface area (Å²) in [4.78, 5) is 292. The van der Waals surface area contributed by atoms with Gasteiger partial charge in [-0.3, -0.25) is 95.9 Å². The maximum atomic E-state index is 15.0. The Morgan fingerprint density at radius 1 is 0.544 bits per heavy atom. The highest BCUT2D eigenvalue weighted by molar-refractivity contribution is 6.34. The first kappa shape index (κ1) is 102. The van der Waals surface area contributed by atoms with Crippen LogP contribution in [0.1, 0.15) is 157 Å². The molecular formula is C79H105ClN18O27. The van der Waals surface area contributed by atoms with Crippen LogP contribution in [0.4, 0.5) is 11.4 Å². The van der Waals surface area contributed by atoms with Crippen LogP contribution in [-0.2, 0) is 102 Å². The maximum Gasteiger partial charge on any atom is 0.329 e. The Balaban J connectivity index is 1.64. The number of amides is 15. The van der Waals surface area contributed by atoms with E-state index < -0.39 is 267 Å². The Morgan fingerprint density at radius 3 is 1.72 bits per heavy atom. The fourth-order valence-electron chi connectivity index (χ4n) is 12.8. The number of Topliss-reactive ketones (excluding diaryl/α,β-unsaturated/α-hetero) is 1. The number of aromatic nitrogens is 1. The molecule has 680 valence electrons. The number of aliphatic hydroxyl groups excluding tert-OH is 1.